The van der Waals surface area contributed by atoms with Gasteiger partial charge in [-0.1, -0.05) is 0 Å². The molecule has 12 heavy (non-hydrogen) atoms. The molecule has 1 rings (SSSR count). The second-order valence-electron chi connectivity index (χ2n) is 2.14. The quantitative estimate of drug-likeness (QED) is 0.775. The largest absolute Gasteiger partial charge is 0.495 e. The van der Waals surface area contributed by atoms with E-state index in [0.717, 1.165) is 4.47 Å². The molecule has 0 amide bonds. The van der Waals surface area contributed by atoms with Crippen LogP contribution in [0, 0.1) is 11.3 Å². The molecule has 0 aliphatic rings. The number of aromatic nitrogens is 1. The summed E-state index contributed by atoms with van der Waals surface area (Å²) in [4.78, 5) is 4.04. The van der Waals surface area contributed by atoms with Crippen molar-refractivity contribution in [2.75, 3.05) is 7.11 Å². The molecule has 4 heteroatoms. The Hall–Kier alpha value is -1.08. The summed E-state index contributed by atoms with van der Waals surface area (Å²) >= 11 is 3.26. The molecule has 1 aromatic rings. The third-order valence-electron chi connectivity index (χ3n) is 1.36. The van der Waals surface area contributed by atoms with Crippen LogP contribution in [0.1, 0.15) is 5.69 Å². The average molecular weight is 227 g/mol. The predicted molar refractivity (Wildman–Crippen MR) is 47.8 cm³/mol. The van der Waals surface area contributed by atoms with Crippen molar-refractivity contribution in [2.45, 2.75) is 6.42 Å². The first-order valence-corrected chi connectivity index (χ1v) is 4.12. The van der Waals surface area contributed by atoms with Gasteiger partial charge in [0.1, 0.15) is 5.75 Å². The lowest BCUT2D eigenvalue weighted by Gasteiger charge is -2.03. The molecule has 0 aliphatic carbocycles. The first kappa shape index (κ1) is 9.01. The van der Waals surface area contributed by atoms with Gasteiger partial charge in [-0.3, -0.25) is 4.98 Å². The van der Waals surface area contributed by atoms with Gasteiger partial charge < -0.3 is 4.74 Å². The zero-order valence-corrected chi connectivity index (χ0v) is 8.13. The van der Waals surface area contributed by atoms with Crippen molar-refractivity contribution in [1.82, 2.24) is 4.98 Å². The van der Waals surface area contributed by atoms with Crippen molar-refractivity contribution in [3.63, 3.8) is 0 Å². The van der Waals surface area contributed by atoms with Gasteiger partial charge in [-0.15, -0.1) is 0 Å². The average Bonchev–Trinajstić information content (AvgIpc) is 2.08. The first-order valence-electron chi connectivity index (χ1n) is 3.33. The Kier molecular flexibility index (Phi) is 3.06. The van der Waals surface area contributed by atoms with Crippen molar-refractivity contribution in [1.29, 1.82) is 5.26 Å². The number of rotatable bonds is 2. The molecular weight excluding hydrogens is 220 g/mol. The number of ether oxygens (including phenoxy) is 1. The van der Waals surface area contributed by atoms with Crippen molar-refractivity contribution in [3.8, 4) is 11.8 Å². The van der Waals surface area contributed by atoms with Crippen LogP contribution in [-0.4, -0.2) is 12.1 Å². The molecule has 0 saturated carbocycles. The third kappa shape index (κ3) is 1.95. The van der Waals surface area contributed by atoms with Gasteiger partial charge in [-0.05, 0) is 22.0 Å². The zero-order valence-electron chi connectivity index (χ0n) is 6.54. The second kappa shape index (κ2) is 4.07. The lowest BCUT2D eigenvalue weighted by Crippen LogP contribution is -1.94. The minimum atomic E-state index is 0.274. The van der Waals surface area contributed by atoms with E-state index in [-0.39, 0.29) is 6.42 Å². The summed E-state index contributed by atoms with van der Waals surface area (Å²) in [5.41, 5.74) is 0.670. The van der Waals surface area contributed by atoms with Crippen LogP contribution in [0.15, 0.2) is 16.7 Å². The van der Waals surface area contributed by atoms with Crippen LogP contribution in [0.25, 0.3) is 0 Å². The third-order valence-corrected chi connectivity index (χ3v) is 1.80. The molecule has 0 radical (unpaired) electrons. The van der Waals surface area contributed by atoms with E-state index in [1.165, 1.54) is 0 Å². The fourth-order valence-corrected chi connectivity index (χ4v) is 1.14. The summed E-state index contributed by atoms with van der Waals surface area (Å²) in [5, 5.41) is 8.45. The molecule has 1 aromatic heterocycles. The number of hydrogen-bond acceptors (Lipinski definition) is 3. The van der Waals surface area contributed by atoms with E-state index in [2.05, 4.69) is 20.9 Å². The number of pyridine rings is 1. The lowest BCUT2D eigenvalue weighted by atomic mass is 10.2. The molecule has 0 aromatic carbocycles. The van der Waals surface area contributed by atoms with Crippen LogP contribution in [0.4, 0.5) is 0 Å². The molecule has 1 heterocycles. The minimum absolute atomic E-state index is 0.274. The van der Waals surface area contributed by atoms with E-state index in [4.69, 9.17) is 10.00 Å². The number of hydrogen-bond donors (Lipinski definition) is 0. The summed E-state index contributed by atoms with van der Waals surface area (Å²) in [6.45, 7) is 0. The van der Waals surface area contributed by atoms with Crippen LogP contribution in [0.3, 0.4) is 0 Å². The van der Waals surface area contributed by atoms with Crippen LogP contribution >= 0.6 is 15.9 Å². The van der Waals surface area contributed by atoms with Crippen LogP contribution in [0.5, 0.6) is 5.75 Å². The van der Waals surface area contributed by atoms with Gasteiger partial charge in [-0.2, -0.15) is 5.26 Å². The Balaban J connectivity index is 3.04. The van der Waals surface area contributed by atoms with Crippen molar-refractivity contribution in [3.05, 3.63) is 22.4 Å². The van der Waals surface area contributed by atoms with E-state index in [0.29, 0.717) is 11.4 Å². The molecular formula is C8H7BrN2O. The summed E-state index contributed by atoms with van der Waals surface area (Å²) in [6, 6.07) is 3.81. The topological polar surface area (TPSA) is 45.9 Å². The van der Waals surface area contributed by atoms with Gasteiger partial charge in [0.25, 0.3) is 0 Å². The molecule has 62 valence electrons. The monoisotopic (exact) mass is 226 g/mol. The molecule has 0 saturated heterocycles. The van der Waals surface area contributed by atoms with Gasteiger partial charge in [-0.25, -0.2) is 0 Å². The summed E-state index contributed by atoms with van der Waals surface area (Å²) in [7, 11) is 1.56. The van der Waals surface area contributed by atoms with E-state index in [1.54, 1.807) is 19.4 Å². The zero-order chi connectivity index (χ0) is 8.97. The highest BCUT2D eigenvalue weighted by atomic mass is 79.9. The van der Waals surface area contributed by atoms with Gasteiger partial charge in [0, 0.05) is 10.7 Å². The smallest absolute Gasteiger partial charge is 0.142 e. The normalized spacial score (nSPS) is 9.08. The van der Waals surface area contributed by atoms with Gasteiger partial charge in [0.2, 0.25) is 0 Å². The maximum Gasteiger partial charge on any atom is 0.142 e. The summed E-state index contributed by atoms with van der Waals surface area (Å²) < 4.78 is 5.88. The maximum atomic E-state index is 8.45. The lowest BCUT2D eigenvalue weighted by molar-refractivity contribution is 0.408. The summed E-state index contributed by atoms with van der Waals surface area (Å²) in [6.07, 6.45) is 1.92. The molecule has 0 bridgehead atoms. The Bertz CT molecular complexity index is 319. The Morgan fingerprint density at radius 2 is 2.50 bits per heavy atom. The molecule has 3 nitrogen and oxygen atoms in total. The highest BCUT2D eigenvalue weighted by Crippen LogP contribution is 2.20. The van der Waals surface area contributed by atoms with E-state index < -0.39 is 0 Å². The fourth-order valence-electron chi connectivity index (χ4n) is 0.833. The number of methoxy groups -OCH3 is 1. The highest BCUT2D eigenvalue weighted by molar-refractivity contribution is 9.10. The second-order valence-corrected chi connectivity index (χ2v) is 3.05. The minimum Gasteiger partial charge on any atom is -0.495 e. The Morgan fingerprint density at radius 3 is 3.08 bits per heavy atom. The van der Waals surface area contributed by atoms with Crippen molar-refractivity contribution in [2.24, 2.45) is 0 Å². The van der Waals surface area contributed by atoms with Crippen LogP contribution in [0.2, 0.25) is 0 Å². The Labute approximate surface area is 79.1 Å². The summed E-state index contributed by atoms with van der Waals surface area (Å²) in [5.74, 6) is 0.644. The van der Waals surface area contributed by atoms with Crippen LogP contribution in [-0.2, 0) is 6.42 Å². The number of nitriles is 1. The predicted octanol–water partition coefficient (Wildman–Crippen LogP) is 1.92. The number of halogens is 1. The van der Waals surface area contributed by atoms with Gasteiger partial charge in [0.15, 0.2) is 0 Å². The van der Waals surface area contributed by atoms with Crippen molar-refractivity contribution >= 4 is 15.9 Å². The van der Waals surface area contributed by atoms with Crippen molar-refractivity contribution < 1.29 is 4.74 Å². The molecule has 0 aliphatic heterocycles. The van der Waals surface area contributed by atoms with Gasteiger partial charge in [0.05, 0.1) is 25.3 Å². The molecule has 0 spiro atoms. The first-order chi connectivity index (χ1) is 5.77. The molecule has 0 fully saturated rings. The maximum absolute atomic E-state index is 8.45. The highest BCUT2D eigenvalue weighted by Gasteiger charge is 2.03. The molecule has 0 unspecified atom stereocenters. The van der Waals surface area contributed by atoms with Crippen LogP contribution < -0.4 is 4.74 Å². The standard InChI is InChI=1S/C8H7BrN2O/c1-12-8-4-6(9)5-11-7(8)2-3-10/h4-5H,2H2,1H3. The van der Waals surface area contributed by atoms with Gasteiger partial charge >= 0.3 is 0 Å². The van der Waals surface area contributed by atoms with E-state index >= 15 is 0 Å². The van der Waals surface area contributed by atoms with E-state index in [1.807, 2.05) is 6.07 Å². The molecule has 0 N–H and O–H groups in total. The fraction of sp³-hybridized carbons (Fsp3) is 0.250. The number of nitrogens with zero attached hydrogens (tertiary/aromatic N) is 2. The molecule has 0 atom stereocenters. The SMILES string of the molecule is COc1cc(Br)cnc1CC#N. The Morgan fingerprint density at radius 1 is 1.75 bits per heavy atom. The van der Waals surface area contributed by atoms with E-state index in [9.17, 15) is 0 Å².